The maximum absolute atomic E-state index is 11.6. The predicted molar refractivity (Wildman–Crippen MR) is 178 cm³/mol. The molecule has 0 aliphatic carbocycles. The van der Waals surface area contributed by atoms with Crippen molar-refractivity contribution >= 4 is 0 Å². The van der Waals surface area contributed by atoms with Crippen molar-refractivity contribution in [2.24, 2.45) is 0 Å². The summed E-state index contributed by atoms with van der Waals surface area (Å²) in [7, 11) is 0. The lowest BCUT2D eigenvalue weighted by atomic mass is 9.85. The summed E-state index contributed by atoms with van der Waals surface area (Å²) in [5.41, 5.74) is 2.14. The van der Waals surface area contributed by atoms with Crippen LogP contribution in [0.15, 0.2) is 46.6 Å². The van der Waals surface area contributed by atoms with Gasteiger partial charge in [-0.1, -0.05) is 46.6 Å². The highest BCUT2D eigenvalue weighted by Crippen LogP contribution is 2.32. The topological polar surface area (TPSA) is 160 Å². The Morgan fingerprint density at radius 1 is 0.711 bits per heavy atom. The average molecular weight is 641 g/mol. The SMILES string of the molecule is CC(C)=CCC/C(C)=C/CCC(C)(O)C(O)CCC(O[C@@H]1O[C@H](CO)[C@@H](O)[C@H](O)[C@@H]1O)C(C)(O)CC/C=C(\C)CCC=C(C)C. The normalized spacial score (nSPS) is 26.9. The zero-order valence-electron chi connectivity index (χ0n) is 29.1. The second-order valence-corrected chi connectivity index (χ2v) is 13.9. The minimum absolute atomic E-state index is 0.0894. The Morgan fingerprint density at radius 3 is 1.67 bits per heavy atom. The van der Waals surface area contributed by atoms with E-state index in [9.17, 15) is 35.7 Å². The molecule has 7 N–H and O–H groups in total. The zero-order valence-corrected chi connectivity index (χ0v) is 29.1. The zero-order chi connectivity index (χ0) is 34.4. The fourth-order valence-corrected chi connectivity index (χ4v) is 5.42. The first-order valence-electron chi connectivity index (χ1n) is 16.6. The molecule has 1 rings (SSSR count). The van der Waals surface area contributed by atoms with Crippen LogP contribution in [0.2, 0.25) is 0 Å². The molecule has 0 amide bonds. The third-order valence-corrected chi connectivity index (χ3v) is 8.73. The van der Waals surface area contributed by atoms with Gasteiger partial charge in [0.2, 0.25) is 0 Å². The van der Waals surface area contributed by atoms with E-state index in [0.717, 1.165) is 25.7 Å². The molecule has 1 heterocycles. The summed E-state index contributed by atoms with van der Waals surface area (Å²) in [5, 5.41) is 74.4. The molecule has 9 heteroatoms. The summed E-state index contributed by atoms with van der Waals surface area (Å²) in [6.07, 6.45) is 4.83. The van der Waals surface area contributed by atoms with Gasteiger partial charge < -0.3 is 45.2 Å². The first-order chi connectivity index (χ1) is 20.9. The van der Waals surface area contributed by atoms with Gasteiger partial charge in [-0.15, -0.1) is 0 Å². The highest BCUT2D eigenvalue weighted by atomic mass is 16.7. The maximum atomic E-state index is 11.6. The number of allylic oxidation sites excluding steroid dienone is 8. The summed E-state index contributed by atoms with van der Waals surface area (Å²) in [4.78, 5) is 0. The third-order valence-electron chi connectivity index (χ3n) is 8.73. The molecule has 0 saturated carbocycles. The molecular formula is C36H64O9. The molecule has 0 aromatic rings. The quantitative estimate of drug-likeness (QED) is 0.0931. The van der Waals surface area contributed by atoms with Gasteiger partial charge in [0.25, 0.3) is 0 Å². The van der Waals surface area contributed by atoms with Gasteiger partial charge in [-0.2, -0.15) is 0 Å². The van der Waals surface area contributed by atoms with Gasteiger partial charge >= 0.3 is 0 Å². The number of hydrogen-bond donors (Lipinski definition) is 7. The van der Waals surface area contributed by atoms with Crippen molar-refractivity contribution in [2.75, 3.05) is 6.61 Å². The Balaban J connectivity index is 2.99. The van der Waals surface area contributed by atoms with Gasteiger partial charge in [-0.25, -0.2) is 0 Å². The molecule has 4 unspecified atom stereocenters. The summed E-state index contributed by atoms with van der Waals surface area (Å²) in [6.45, 7) is 15.0. The molecule has 1 aliphatic heterocycles. The summed E-state index contributed by atoms with van der Waals surface area (Å²) >= 11 is 0. The standard InChI is InChI=1S/C36H64O9/c1-24(2)13-9-15-26(5)17-11-21-35(7,42)29(38)19-20-30(45-34-33(41)32(40)31(39)28(23-37)44-34)36(8,43)22-12-18-27(6)16-10-14-25(3)4/h13-14,17-18,28-34,37-43H,9-12,15-16,19-23H2,1-8H3/b26-17+,27-18+/t28-,29?,30?,31-,32+,33+,34+,35?,36?/m1/s1. The van der Waals surface area contributed by atoms with E-state index in [2.05, 4.69) is 58.9 Å². The van der Waals surface area contributed by atoms with Crippen LogP contribution in [0.1, 0.15) is 120 Å². The lowest BCUT2D eigenvalue weighted by molar-refractivity contribution is -0.324. The average Bonchev–Trinajstić information content (AvgIpc) is 2.94. The van der Waals surface area contributed by atoms with Gasteiger partial charge in [0.1, 0.15) is 24.4 Å². The lowest BCUT2D eigenvalue weighted by Gasteiger charge is -2.43. The minimum atomic E-state index is -1.63. The Labute approximate surface area is 272 Å². The molecule has 0 radical (unpaired) electrons. The van der Waals surface area contributed by atoms with Crippen LogP contribution in [0.25, 0.3) is 0 Å². The molecule has 45 heavy (non-hydrogen) atoms. The van der Waals surface area contributed by atoms with Crippen LogP contribution in [-0.4, -0.2) is 96.5 Å². The fraction of sp³-hybridized carbons (Fsp3) is 0.778. The Morgan fingerprint density at radius 2 is 1.20 bits per heavy atom. The largest absolute Gasteiger partial charge is 0.394 e. The van der Waals surface area contributed by atoms with Crippen LogP contribution >= 0.6 is 0 Å². The predicted octanol–water partition coefficient (Wildman–Crippen LogP) is 4.76. The van der Waals surface area contributed by atoms with E-state index in [-0.39, 0.29) is 12.8 Å². The lowest BCUT2D eigenvalue weighted by Crippen LogP contribution is -2.60. The molecule has 0 bridgehead atoms. The van der Waals surface area contributed by atoms with Crippen LogP contribution in [0.5, 0.6) is 0 Å². The van der Waals surface area contributed by atoms with E-state index in [1.54, 1.807) is 13.8 Å². The van der Waals surface area contributed by atoms with Gasteiger partial charge in [-0.05, 0) is 120 Å². The summed E-state index contributed by atoms with van der Waals surface area (Å²) < 4.78 is 11.6. The van der Waals surface area contributed by atoms with Crippen LogP contribution < -0.4 is 0 Å². The van der Waals surface area contributed by atoms with E-state index < -0.39 is 60.7 Å². The third kappa shape index (κ3) is 15.4. The summed E-state index contributed by atoms with van der Waals surface area (Å²) in [5.74, 6) is 0. The van der Waals surface area contributed by atoms with Crippen molar-refractivity contribution in [3.8, 4) is 0 Å². The van der Waals surface area contributed by atoms with Crippen molar-refractivity contribution in [1.29, 1.82) is 0 Å². The number of aliphatic hydroxyl groups excluding tert-OH is 5. The number of rotatable bonds is 20. The van der Waals surface area contributed by atoms with Gasteiger partial charge in [0.05, 0.1) is 30.0 Å². The molecule has 1 aliphatic rings. The smallest absolute Gasteiger partial charge is 0.187 e. The van der Waals surface area contributed by atoms with E-state index in [1.165, 1.54) is 22.3 Å². The number of hydrogen-bond acceptors (Lipinski definition) is 9. The second kappa shape index (κ2) is 20.1. The molecule has 0 aromatic carbocycles. The van der Waals surface area contributed by atoms with Crippen LogP contribution in [-0.2, 0) is 9.47 Å². The highest BCUT2D eigenvalue weighted by Gasteiger charge is 2.47. The van der Waals surface area contributed by atoms with E-state index >= 15 is 0 Å². The first kappa shape index (κ1) is 41.6. The molecule has 1 saturated heterocycles. The first-order valence-corrected chi connectivity index (χ1v) is 16.6. The number of aliphatic hydroxyl groups is 7. The van der Waals surface area contributed by atoms with Crippen LogP contribution in [0, 0.1) is 0 Å². The van der Waals surface area contributed by atoms with E-state index in [0.29, 0.717) is 25.7 Å². The Hall–Kier alpha value is -1.40. The monoisotopic (exact) mass is 640 g/mol. The van der Waals surface area contributed by atoms with Crippen LogP contribution in [0.3, 0.4) is 0 Å². The number of ether oxygens (including phenoxy) is 2. The van der Waals surface area contributed by atoms with Gasteiger partial charge in [0.15, 0.2) is 6.29 Å². The molecule has 9 atom stereocenters. The van der Waals surface area contributed by atoms with Crippen molar-refractivity contribution in [3.05, 3.63) is 46.6 Å². The fourth-order valence-electron chi connectivity index (χ4n) is 5.42. The molecule has 262 valence electrons. The van der Waals surface area contributed by atoms with Crippen molar-refractivity contribution in [3.63, 3.8) is 0 Å². The van der Waals surface area contributed by atoms with Gasteiger partial charge in [0, 0.05) is 0 Å². The van der Waals surface area contributed by atoms with Crippen molar-refractivity contribution < 1.29 is 45.2 Å². The Bertz CT molecular complexity index is 971. The molecule has 0 aromatic heterocycles. The minimum Gasteiger partial charge on any atom is -0.394 e. The van der Waals surface area contributed by atoms with Crippen LogP contribution in [0.4, 0.5) is 0 Å². The Kier molecular flexibility index (Phi) is 18.6. The molecular weight excluding hydrogens is 576 g/mol. The van der Waals surface area contributed by atoms with Crippen molar-refractivity contribution in [2.45, 2.75) is 174 Å². The van der Waals surface area contributed by atoms with E-state index in [1.807, 2.05) is 6.92 Å². The van der Waals surface area contributed by atoms with Gasteiger partial charge in [-0.3, -0.25) is 0 Å². The molecule has 1 fully saturated rings. The van der Waals surface area contributed by atoms with E-state index in [4.69, 9.17) is 9.47 Å². The molecule has 9 nitrogen and oxygen atoms in total. The molecule has 0 spiro atoms. The highest BCUT2D eigenvalue weighted by molar-refractivity contribution is 5.04. The van der Waals surface area contributed by atoms with Crippen molar-refractivity contribution in [1.82, 2.24) is 0 Å². The second-order valence-electron chi connectivity index (χ2n) is 13.9. The summed E-state index contributed by atoms with van der Waals surface area (Å²) in [6, 6.07) is 0. The maximum Gasteiger partial charge on any atom is 0.187 e.